The van der Waals surface area contributed by atoms with Crippen LogP contribution in [0.1, 0.15) is 30.0 Å². The molecule has 3 rings (SSSR count). The molecule has 2 N–H and O–H groups in total. The van der Waals surface area contributed by atoms with E-state index in [1.165, 1.54) is 12.8 Å². The summed E-state index contributed by atoms with van der Waals surface area (Å²) in [6, 6.07) is 0. The molecule has 84 valence electrons. The number of hydrogen-bond acceptors (Lipinski definition) is 4. The first-order valence-corrected chi connectivity index (χ1v) is 5.40. The summed E-state index contributed by atoms with van der Waals surface area (Å²) in [6.45, 7) is 0.698. The van der Waals surface area contributed by atoms with Gasteiger partial charge in [0.2, 0.25) is 0 Å². The Morgan fingerprint density at radius 3 is 2.94 bits per heavy atom. The molecule has 0 aromatic carbocycles. The number of rotatable bonds is 3. The summed E-state index contributed by atoms with van der Waals surface area (Å²) in [5.74, 6) is 1.14. The van der Waals surface area contributed by atoms with E-state index < -0.39 is 0 Å². The van der Waals surface area contributed by atoms with E-state index in [9.17, 15) is 0 Å². The van der Waals surface area contributed by atoms with E-state index in [-0.39, 0.29) is 0 Å². The van der Waals surface area contributed by atoms with Crippen LogP contribution in [-0.2, 0) is 13.6 Å². The summed E-state index contributed by atoms with van der Waals surface area (Å²) in [5, 5.41) is 12.2. The van der Waals surface area contributed by atoms with E-state index in [0.29, 0.717) is 18.3 Å². The third-order valence-electron chi connectivity index (χ3n) is 2.86. The van der Waals surface area contributed by atoms with Crippen LogP contribution in [0.5, 0.6) is 0 Å². The second-order valence-electron chi connectivity index (χ2n) is 4.31. The van der Waals surface area contributed by atoms with Gasteiger partial charge in [0.15, 0.2) is 5.82 Å². The van der Waals surface area contributed by atoms with Crippen molar-refractivity contribution in [3.05, 3.63) is 23.7 Å². The highest BCUT2D eigenvalue weighted by molar-refractivity contribution is 5.38. The van der Waals surface area contributed by atoms with Gasteiger partial charge in [-0.2, -0.15) is 5.10 Å². The molecule has 0 bridgehead atoms. The fourth-order valence-electron chi connectivity index (χ4n) is 1.95. The first-order chi connectivity index (χ1) is 7.74. The second kappa shape index (κ2) is 3.33. The first kappa shape index (κ1) is 9.38. The van der Waals surface area contributed by atoms with Gasteiger partial charge in [0.25, 0.3) is 0 Å². The van der Waals surface area contributed by atoms with Crippen molar-refractivity contribution in [2.24, 2.45) is 7.05 Å². The van der Waals surface area contributed by atoms with Crippen LogP contribution >= 0.6 is 0 Å². The third-order valence-corrected chi connectivity index (χ3v) is 2.86. The molecule has 0 radical (unpaired) electrons. The molecule has 6 heteroatoms. The van der Waals surface area contributed by atoms with Crippen LogP contribution in [-0.4, -0.2) is 24.8 Å². The fourth-order valence-corrected chi connectivity index (χ4v) is 1.95. The van der Waals surface area contributed by atoms with Crippen LogP contribution in [0.15, 0.2) is 12.4 Å². The lowest BCUT2D eigenvalue weighted by molar-refractivity contribution is 0.619. The van der Waals surface area contributed by atoms with Crippen molar-refractivity contribution in [3.63, 3.8) is 0 Å². The van der Waals surface area contributed by atoms with Gasteiger partial charge in [0.1, 0.15) is 0 Å². The number of nitrogens with two attached hydrogens (primary N) is 1. The molecule has 0 atom stereocenters. The maximum Gasteiger partial charge on any atom is 0.169 e. The lowest BCUT2D eigenvalue weighted by Gasteiger charge is -2.03. The van der Waals surface area contributed by atoms with Crippen molar-refractivity contribution in [1.29, 1.82) is 0 Å². The average Bonchev–Trinajstić information content (AvgIpc) is 2.91. The maximum absolute atomic E-state index is 5.83. The van der Waals surface area contributed by atoms with E-state index in [1.54, 1.807) is 4.68 Å². The number of anilines is 1. The summed E-state index contributed by atoms with van der Waals surface area (Å²) >= 11 is 0. The van der Waals surface area contributed by atoms with Gasteiger partial charge < -0.3 is 5.73 Å². The summed E-state index contributed by atoms with van der Waals surface area (Å²) in [5.41, 5.74) is 8.03. The Morgan fingerprint density at radius 1 is 1.50 bits per heavy atom. The van der Waals surface area contributed by atoms with Crippen LogP contribution in [0.3, 0.4) is 0 Å². The van der Waals surface area contributed by atoms with Gasteiger partial charge in [-0.05, 0) is 12.8 Å². The molecule has 0 unspecified atom stereocenters. The van der Waals surface area contributed by atoms with Crippen LogP contribution in [0.2, 0.25) is 0 Å². The van der Waals surface area contributed by atoms with Crippen molar-refractivity contribution < 1.29 is 0 Å². The van der Waals surface area contributed by atoms with Crippen molar-refractivity contribution in [2.45, 2.75) is 25.3 Å². The number of aryl methyl sites for hydroxylation is 1. The molecule has 1 fully saturated rings. The normalized spacial score (nSPS) is 15.6. The van der Waals surface area contributed by atoms with Crippen LogP contribution in [0.25, 0.3) is 0 Å². The largest absolute Gasteiger partial charge is 0.381 e. The molecule has 0 amide bonds. The summed E-state index contributed by atoms with van der Waals surface area (Å²) in [4.78, 5) is 0. The first-order valence-electron chi connectivity index (χ1n) is 5.40. The van der Waals surface area contributed by atoms with E-state index in [2.05, 4.69) is 15.4 Å². The molecule has 2 aromatic rings. The van der Waals surface area contributed by atoms with Gasteiger partial charge in [-0.3, -0.25) is 4.68 Å². The highest BCUT2D eigenvalue weighted by atomic mass is 15.4. The molecule has 0 aliphatic heterocycles. The number of aromatic nitrogens is 5. The van der Waals surface area contributed by atoms with E-state index in [4.69, 9.17) is 5.73 Å². The molecule has 2 aromatic heterocycles. The van der Waals surface area contributed by atoms with E-state index in [1.807, 2.05) is 24.1 Å². The molecule has 2 heterocycles. The Labute approximate surface area is 93.0 Å². The molecule has 0 saturated heterocycles. The number of hydrogen-bond donors (Lipinski definition) is 1. The van der Waals surface area contributed by atoms with E-state index in [0.717, 1.165) is 11.3 Å². The molecule has 1 aliphatic rings. The van der Waals surface area contributed by atoms with Gasteiger partial charge in [0, 0.05) is 24.7 Å². The smallest absolute Gasteiger partial charge is 0.169 e. The Morgan fingerprint density at radius 2 is 2.31 bits per heavy atom. The lowest BCUT2D eigenvalue weighted by Crippen LogP contribution is -2.06. The number of nitrogens with zero attached hydrogens (tertiary/aromatic N) is 5. The van der Waals surface area contributed by atoms with Gasteiger partial charge >= 0.3 is 0 Å². The zero-order valence-corrected chi connectivity index (χ0v) is 9.17. The third kappa shape index (κ3) is 1.56. The van der Waals surface area contributed by atoms with Crippen molar-refractivity contribution >= 4 is 5.82 Å². The Kier molecular flexibility index (Phi) is 1.95. The Bertz CT molecular complexity index is 507. The van der Waals surface area contributed by atoms with Crippen LogP contribution in [0.4, 0.5) is 5.82 Å². The van der Waals surface area contributed by atoms with Crippen LogP contribution in [0, 0.1) is 0 Å². The average molecular weight is 218 g/mol. The SMILES string of the molecule is Cn1cc(Cn2nnc(N)c2C2CC2)cn1. The van der Waals surface area contributed by atoms with Gasteiger partial charge in [-0.15, -0.1) is 5.10 Å². The minimum atomic E-state index is 0.562. The molecular weight excluding hydrogens is 204 g/mol. The highest BCUT2D eigenvalue weighted by Crippen LogP contribution is 2.41. The Balaban J connectivity index is 1.89. The van der Waals surface area contributed by atoms with Crippen molar-refractivity contribution in [1.82, 2.24) is 24.8 Å². The molecule has 6 nitrogen and oxygen atoms in total. The molecular formula is C10H14N6. The molecule has 1 saturated carbocycles. The molecule has 16 heavy (non-hydrogen) atoms. The topological polar surface area (TPSA) is 74.5 Å². The van der Waals surface area contributed by atoms with Gasteiger partial charge in [0.05, 0.1) is 18.4 Å². The number of nitrogen functional groups attached to an aromatic ring is 1. The monoisotopic (exact) mass is 218 g/mol. The lowest BCUT2D eigenvalue weighted by atomic mass is 10.2. The maximum atomic E-state index is 5.83. The minimum absolute atomic E-state index is 0.562. The predicted octanol–water partition coefficient (Wildman–Crippen LogP) is 0.519. The quantitative estimate of drug-likeness (QED) is 0.815. The highest BCUT2D eigenvalue weighted by Gasteiger charge is 2.30. The predicted molar refractivity (Wildman–Crippen MR) is 58.7 cm³/mol. The van der Waals surface area contributed by atoms with Gasteiger partial charge in [-0.25, -0.2) is 4.68 Å². The molecule has 0 spiro atoms. The molecule has 1 aliphatic carbocycles. The summed E-state index contributed by atoms with van der Waals surface area (Å²) in [6.07, 6.45) is 6.22. The Hall–Kier alpha value is -1.85. The fraction of sp³-hybridized carbons (Fsp3) is 0.500. The second-order valence-corrected chi connectivity index (χ2v) is 4.31. The van der Waals surface area contributed by atoms with Crippen molar-refractivity contribution in [2.75, 3.05) is 5.73 Å². The van der Waals surface area contributed by atoms with Crippen molar-refractivity contribution in [3.8, 4) is 0 Å². The zero-order valence-electron chi connectivity index (χ0n) is 9.17. The van der Waals surface area contributed by atoms with Gasteiger partial charge in [-0.1, -0.05) is 5.21 Å². The standard InChI is InChI=1S/C10H14N6/c1-15-5-7(4-12-15)6-16-9(8-2-3-8)10(11)13-14-16/h4-5,8H,2-3,6,11H2,1H3. The minimum Gasteiger partial charge on any atom is -0.381 e. The van der Waals surface area contributed by atoms with E-state index >= 15 is 0 Å². The zero-order chi connectivity index (χ0) is 11.1. The van der Waals surface area contributed by atoms with Crippen LogP contribution < -0.4 is 5.73 Å². The summed E-state index contributed by atoms with van der Waals surface area (Å²) in [7, 11) is 1.90. The summed E-state index contributed by atoms with van der Waals surface area (Å²) < 4.78 is 3.68.